The second kappa shape index (κ2) is 7.80. The van der Waals surface area contributed by atoms with Gasteiger partial charge in [-0.3, -0.25) is 14.9 Å². The van der Waals surface area contributed by atoms with Gasteiger partial charge in [-0.25, -0.2) is 0 Å². The molecule has 0 radical (unpaired) electrons. The number of carbonyl (C=O) groups excluding carboxylic acids is 1. The molecule has 1 atom stereocenters. The van der Waals surface area contributed by atoms with E-state index in [4.69, 9.17) is 10.5 Å². The van der Waals surface area contributed by atoms with Crippen molar-refractivity contribution in [2.45, 2.75) is 18.9 Å². The largest absolute Gasteiger partial charge is 0.484 e. The van der Waals surface area contributed by atoms with Gasteiger partial charge in [-0.2, -0.15) is 0 Å². The minimum absolute atomic E-state index is 0. The van der Waals surface area contributed by atoms with Gasteiger partial charge in [-0.05, 0) is 25.0 Å². The Balaban J connectivity index is 0.00000220. The zero-order chi connectivity index (χ0) is 14.5. The second-order valence-corrected chi connectivity index (χ2v) is 4.78. The molecule has 0 bridgehead atoms. The zero-order valence-electron chi connectivity index (χ0n) is 11.4. The Morgan fingerprint density at radius 2 is 2.10 bits per heavy atom. The number of nitrogens with zero attached hydrogens (tertiary/aromatic N) is 2. The Bertz CT molecular complexity index is 495. The van der Waals surface area contributed by atoms with Crippen molar-refractivity contribution in [2.24, 2.45) is 5.73 Å². The van der Waals surface area contributed by atoms with Crippen LogP contribution in [0.25, 0.3) is 0 Å². The smallest absolute Gasteiger partial charge is 0.269 e. The van der Waals surface area contributed by atoms with E-state index in [0.29, 0.717) is 18.8 Å². The lowest BCUT2D eigenvalue weighted by atomic mass is 10.1. The van der Waals surface area contributed by atoms with Gasteiger partial charge in [-0.15, -0.1) is 12.4 Å². The van der Waals surface area contributed by atoms with E-state index in [1.807, 2.05) is 0 Å². The number of nitrogens with two attached hydrogens (primary N) is 1. The number of rotatable bonds is 4. The molecule has 1 aromatic rings. The van der Waals surface area contributed by atoms with Crippen LogP contribution in [0.4, 0.5) is 5.69 Å². The first-order valence-electron chi connectivity index (χ1n) is 6.47. The number of ether oxygens (including phenoxy) is 1. The zero-order valence-corrected chi connectivity index (χ0v) is 12.3. The standard InChI is InChI=1S/C13H17N3O4.ClH/c14-10-2-1-7-15(8-10)13(17)9-20-12-5-3-11(4-6-12)16(18)19;/h3-6,10H,1-2,7-9,14H2;1H. The third kappa shape index (κ3) is 4.87. The van der Waals surface area contributed by atoms with Crippen molar-refractivity contribution in [1.82, 2.24) is 4.90 Å². The maximum atomic E-state index is 11.9. The number of nitro groups is 1. The molecule has 1 fully saturated rings. The molecule has 1 amide bonds. The van der Waals surface area contributed by atoms with Crippen molar-refractivity contribution >= 4 is 24.0 Å². The van der Waals surface area contributed by atoms with Crippen LogP contribution in [0.3, 0.4) is 0 Å². The Morgan fingerprint density at radius 1 is 1.43 bits per heavy atom. The van der Waals surface area contributed by atoms with Gasteiger partial charge in [0.2, 0.25) is 0 Å². The van der Waals surface area contributed by atoms with Gasteiger partial charge in [0.05, 0.1) is 4.92 Å². The minimum atomic E-state index is -0.482. The number of halogens is 1. The quantitative estimate of drug-likeness (QED) is 0.668. The number of benzene rings is 1. The lowest BCUT2D eigenvalue weighted by Crippen LogP contribution is -2.47. The molecule has 2 N–H and O–H groups in total. The summed E-state index contributed by atoms with van der Waals surface area (Å²) in [7, 11) is 0. The number of hydrogen-bond acceptors (Lipinski definition) is 5. The lowest BCUT2D eigenvalue weighted by molar-refractivity contribution is -0.384. The van der Waals surface area contributed by atoms with E-state index < -0.39 is 4.92 Å². The number of hydrogen-bond donors (Lipinski definition) is 1. The van der Waals surface area contributed by atoms with Crippen LogP contribution < -0.4 is 10.5 Å². The van der Waals surface area contributed by atoms with Gasteiger partial charge in [0.25, 0.3) is 11.6 Å². The van der Waals surface area contributed by atoms with Gasteiger partial charge >= 0.3 is 0 Å². The average molecular weight is 316 g/mol. The molecule has 0 spiro atoms. The molecular formula is C13H18ClN3O4. The Hall–Kier alpha value is -1.86. The molecule has 8 heteroatoms. The first-order valence-corrected chi connectivity index (χ1v) is 6.47. The van der Waals surface area contributed by atoms with Crippen molar-refractivity contribution < 1.29 is 14.5 Å². The molecule has 0 saturated carbocycles. The number of piperidine rings is 1. The summed E-state index contributed by atoms with van der Waals surface area (Å²) in [6.45, 7) is 1.18. The van der Waals surface area contributed by atoms with Crippen LogP contribution in [-0.4, -0.2) is 41.5 Å². The van der Waals surface area contributed by atoms with Crippen molar-refractivity contribution in [2.75, 3.05) is 19.7 Å². The first kappa shape index (κ1) is 17.2. The third-order valence-electron chi connectivity index (χ3n) is 3.22. The van der Waals surface area contributed by atoms with E-state index in [2.05, 4.69) is 0 Å². The highest BCUT2D eigenvalue weighted by Crippen LogP contribution is 2.17. The Morgan fingerprint density at radius 3 is 2.67 bits per heavy atom. The van der Waals surface area contributed by atoms with E-state index in [-0.39, 0.29) is 36.7 Å². The van der Waals surface area contributed by atoms with Crippen molar-refractivity contribution in [3.05, 3.63) is 34.4 Å². The van der Waals surface area contributed by atoms with Gasteiger partial charge in [0, 0.05) is 31.3 Å². The van der Waals surface area contributed by atoms with Gasteiger partial charge < -0.3 is 15.4 Å². The van der Waals surface area contributed by atoms with E-state index in [1.165, 1.54) is 24.3 Å². The van der Waals surface area contributed by atoms with Crippen molar-refractivity contribution in [3.63, 3.8) is 0 Å². The van der Waals surface area contributed by atoms with Crippen LogP contribution in [0.15, 0.2) is 24.3 Å². The van der Waals surface area contributed by atoms with E-state index in [1.54, 1.807) is 4.90 Å². The molecule has 1 unspecified atom stereocenters. The first-order chi connectivity index (χ1) is 9.56. The van der Waals surface area contributed by atoms with Crippen molar-refractivity contribution in [3.8, 4) is 5.75 Å². The molecule has 0 aliphatic carbocycles. The topological polar surface area (TPSA) is 98.7 Å². The number of carbonyl (C=O) groups is 1. The van der Waals surface area contributed by atoms with Crippen LogP contribution >= 0.6 is 12.4 Å². The fraction of sp³-hybridized carbons (Fsp3) is 0.462. The third-order valence-corrected chi connectivity index (χ3v) is 3.22. The number of likely N-dealkylation sites (tertiary alicyclic amines) is 1. The molecule has 1 aliphatic rings. The monoisotopic (exact) mass is 315 g/mol. The minimum Gasteiger partial charge on any atom is -0.484 e. The van der Waals surface area contributed by atoms with E-state index >= 15 is 0 Å². The Labute approximate surface area is 128 Å². The summed E-state index contributed by atoms with van der Waals surface area (Å²) in [6, 6.07) is 5.68. The van der Waals surface area contributed by atoms with E-state index in [9.17, 15) is 14.9 Å². The summed E-state index contributed by atoms with van der Waals surface area (Å²) in [4.78, 5) is 23.6. The molecule has 1 aliphatic heterocycles. The molecule has 21 heavy (non-hydrogen) atoms. The summed E-state index contributed by atoms with van der Waals surface area (Å²) in [5, 5.41) is 10.5. The molecule has 1 heterocycles. The molecule has 1 aromatic carbocycles. The van der Waals surface area contributed by atoms with E-state index in [0.717, 1.165) is 12.8 Å². The van der Waals surface area contributed by atoms with Gasteiger partial charge in [0.15, 0.2) is 6.61 Å². The summed E-state index contributed by atoms with van der Waals surface area (Å²) >= 11 is 0. The molecule has 2 rings (SSSR count). The molecule has 1 saturated heterocycles. The highest BCUT2D eigenvalue weighted by atomic mass is 35.5. The number of nitro benzene ring substituents is 1. The predicted molar refractivity (Wildman–Crippen MR) is 79.6 cm³/mol. The van der Waals surface area contributed by atoms with Crippen LogP contribution in [0.5, 0.6) is 5.75 Å². The van der Waals surface area contributed by atoms with Crippen LogP contribution in [0, 0.1) is 10.1 Å². The van der Waals surface area contributed by atoms with Crippen molar-refractivity contribution in [1.29, 1.82) is 0 Å². The van der Waals surface area contributed by atoms with Crippen LogP contribution in [0.2, 0.25) is 0 Å². The summed E-state index contributed by atoms with van der Waals surface area (Å²) in [5.41, 5.74) is 5.81. The molecule has 7 nitrogen and oxygen atoms in total. The summed E-state index contributed by atoms with van der Waals surface area (Å²) in [5.74, 6) is 0.323. The summed E-state index contributed by atoms with van der Waals surface area (Å²) < 4.78 is 5.34. The fourth-order valence-electron chi connectivity index (χ4n) is 2.14. The van der Waals surface area contributed by atoms with Crippen LogP contribution in [0.1, 0.15) is 12.8 Å². The second-order valence-electron chi connectivity index (χ2n) is 4.78. The fourth-order valence-corrected chi connectivity index (χ4v) is 2.14. The highest BCUT2D eigenvalue weighted by Gasteiger charge is 2.21. The normalized spacial score (nSPS) is 17.8. The molecule has 116 valence electrons. The highest BCUT2D eigenvalue weighted by molar-refractivity contribution is 5.85. The lowest BCUT2D eigenvalue weighted by Gasteiger charge is -2.30. The SMILES string of the molecule is Cl.NC1CCCN(C(=O)COc2ccc([N+](=O)[O-])cc2)C1. The van der Waals surface area contributed by atoms with Gasteiger partial charge in [0.1, 0.15) is 5.75 Å². The Kier molecular flexibility index (Phi) is 6.39. The average Bonchev–Trinajstić information content (AvgIpc) is 2.45. The number of non-ortho nitro benzene ring substituents is 1. The maximum Gasteiger partial charge on any atom is 0.269 e. The maximum absolute atomic E-state index is 11.9. The summed E-state index contributed by atoms with van der Waals surface area (Å²) in [6.07, 6.45) is 1.84. The predicted octanol–water partition coefficient (Wildman–Crippen LogP) is 1.35. The molecule has 0 aromatic heterocycles. The van der Waals surface area contributed by atoms with Gasteiger partial charge in [-0.1, -0.05) is 0 Å². The molecular weight excluding hydrogens is 298 g/mol. The van der Waals surface area contributed by atoms with Crippen LogP contribution in [-0.2, 0) is 4.79 Å². The number of amides is 1.